The average molecular weight is 177 g/mol. The first kappa shape index (κ1) is 8.63. The maximum atomic E-state index is 4.35. The van der Waals surface area contributed by atoms with Gasteiger partial charge in [0, 0.05) is 12.4 Å². The standard InChI is InChI=1S/C10H15N3/c1-8-5-13-10(7-12-8)4-9-2-3-11-6-9/h5,7,9,11H,2-4,6H2,1H3/t9-/m0/s1. The van der Waals surface area contributed by atoms with Crippen molar-refractivity contribution in [1.82, 2.24) is 15.3 Å². The summed E-state index contributed by atoms with van der Waals surface area (Å²) in [5.74, 6) is 0.761. The van der Waals surface area contributed by atoms with Crippen LogP contribution in [0.2, 0.25) is 0 Å². The monoisotopic (exact) mass is 177 g/mol. The molecule has 1 aromatic heterocycles. The summed E-state index contributed by atoms with van der Waals surface area (Å²) in [6.45, 7) is 4.26. The molecule has 1 saturated heterocycles. The number of hydrogen-bond donors (Lipinski definition) is 1. The predicted octanol–water partition coefficient (Wildman–Crippen LogP) is 0.937. The minimum atomic E-state index is 0.761. The number of aryl methyl sites for hydroxylation is 1. The van der Waals surface area contributed by atoms with Gasteiger partial charge in [0.05, 0.1) is 11.4 Å². The Morgan fingerprint density at radius 2 is 2.38 bits per heavy atom. The Morgan fingerprint density at radius 3 is 3.00 bits per heavy atom. The maximum absolute atomic E-state index is 4.35. The molecule has 1 atom stereocenters. The molecule has 3 heteroatoms. The highest BCUT2D eigenvalue weighted by molar-refractivity contribution is 5.02. The van der Waals surface area contributed by atoms with Gasteiger partial charge in [0.2, 0.25) is 0 Å². The van der Waals surface area contributed by atoms with E-state index in [9.17, 15) is 0 Å². The normalized spacial score (nSPS) is 22.1. The molecule has 1 fully saturated rings. The van der Waals surface area contributed by atoms with Gasteiger partial charge >= 0.3 is 0 Å². The molecular weight excluding hydrogens is 162 g/mol. The quantitative estimate of drug-likeness (QED) is 0.730. The lowest BCUT2D eigenvalue weighted by atomic mass is 10.0. The van der Waals surface area contributed by atoms with Crippen molar-refractivity contribution in [1.29, 1.82) is 0 Å². The Morgan fingerprint density at radius 1 is 1.46 bits per heavy atom. The minimum Gasteiger partial charge on any atom is -0.316 e. The van der Waals surface area contributed by atoms with Gasteiger partial charge in [-0.25, -0.2) is 0 Å². The highest BCUT2D eigenvalue weighted by Gasteiger charge is 2.15. The highest BCUT2D eigenvalue weighted by Crippen LogP contribution is 2.12. The molecule has 70 valence electrons. The zero-order valence-electron chi connectivity index (χ0n) is 7.95. The van der Waals surface area contributed by atoms with Gasteiger partial charge in [-0.15, -0.1) is 0 Å². The third-order valence-corrected chi connectivity index (χ3v) is 2.49. The van der Waals surface area contributed by atoms with Crippen LogP contribution in [0.4, 0.5) is 0 Å². The third-order valence-electron chi connectivity index (χ3n) is 2.49. The van der Waals surface area contributed by atoms with E-state index in [1.54, 1.807) is 0 Å². The van der Waals surface area contributed by atoms with Gasteiger partial charge in [-0.2, -0.15) is 0 Å². The molecule has 0 spiro atoms. The van der Waals surface area contributed by atoms with Crippen molar-refractivity contribution < 1.29 is 0 Å². The lowest BCUT2D eigenvalue weighted by Gasteiger charge is -2.06. The molecule has 13 heavy (non-hydrogen) atoms. The number of hydrogen-bond acceptors (Lipinski definition) is 3. The summed E-state index contributed by atoms with van der Waals surface area (Å²) >= 11 is 0. The van der Waals surface area contributed by atoms with Crippen LogP contribution >= 0.6 is 0 Å². The molecule has 1 aromatic rings. The number of nitrogens with zero attached hydrogens (tertiary/aromatic N) is 2. The van der Waals surface area contributed by atoms with Crippen LogP contribution in [0.25, 0.3) is 0 Å². The van der Waals surface area contributed by atoms with Crippen LogP contribution in [-0.2, 0) is 6.42 Å². The number of nitrogens with one attached hydrogen (secondary N) is 1. The summed E-state index contributed by atoms with van der Waals surface area (Å²) in [7, 11) is 0. The topological polar surface area (TPSA) is 37.8 Å². The lowest BCUT2D eigenvalue weighted by molar-refractivity contribution is 0.570. The summed E-state index contributed by atoms with van der Waals surface area (Å²) in [5.41, 5.74) is 2.12. The molecule has 1 aliphatic rings. The largest absolute Gasteiger partial charge is 0.316 e. The molecule has 3 nitrogen and oxygen atoms in total. The fraction of sp³-hybridized carbons (Fsp3) is 0.600. The van der Waals surface area contributed by atoms with Crippen LogP contribution in [0.5, 0.6) is 0 Å². The van der Waals surface area contributed by atoms with Crippen LogP contribution < -0.4 is 5.32 Å². The third kappa shape index (κ3) is 2.25. The Hall–Kier alpha value is -0.960. The summed E-state index contributed by atoms with van der Waals surface area (Å²) in [6, 6.07) is 0. The molecule has 2 heterocycles. The summed E-state index contributed by atoms with van der Waals surface area (Å²) < 4.78 is 0. The molecule has 0 aromatic carbocycles. The summed E-state index contributed by atoms with van der Waals surface area (Å²) in [4.78, 5) is 8.59. The van der Waals surface area contributed by atoms with E-state index in [0.717, 1.165) is 36.8 Å². The van der Waals surface area contributed by atoms with Gasteiger partial charge in [-0.05, 0) is 38.8 Å². The van der Waals surface area contributed by atoms with E-state index in [-0.39, 0.29) is 0 Å². The SMILES string of the molecule is Cc1cnc(C[C@@H]2CCNC2)cn1. The Kier molecular flexibility index (Phi) is 2.54. The molecule has 0 aliphatic carbocycles. The van der Waals surface area contributed by atoms with E-state index in [4.69, 9.17) is 0 Å². The van der Waals surface area contributed by atoms with E-state index in [2.05, 4.69) is 15.3 Å². The Labute approximate surface area is 78.6 Å². The first-order chi connectivity index (χ1) is 6.34. The summed E-state index contributed by atoms with van der Waals surface area (Å²) in [6.07, 6.45) is 6.08. The van der Waals surface area contributed by atoms with Crippen LogP contribution in [0, 0.1) is 12.8 Å². The average Bonchev–Trinajstić information content (AvgIpc) is 2.62. The predicted molar refractivity (Wildman–Crippen MR) is 51.4 cm³/mol. The molecule has 1 N–H and O–H groups in total. The van der Waals surface area contributed by atoms with E-state index >= 15 is 0 Å². The zero-order valence-corrected chi connectivity index (χ0v) is 7.95. The molecular formula is C10H15N3. The first-order valence-corrected chi connectivity index (χ1v) is 4.83. The Bertz CT molecular complexity index is 262. The number of rotatable bonds is 2. The second-order valence-electron chi connectivity index (χ2n) is 3.71. The second-order valence-corrected chi connectivity index (χ2v) is 3.71. The van der Waals surface area contributed by atoms with Crippen molar-refractivity contribution >= 4 is 0 Å². The van der Waals surface area contributed by atoms with Crippen molar-refractivity contribution in [3.8, 4) is 0 Å². The second kappa shape index (κ2) is 3.83. The van der Waals surface area contributed by atoms with Gasteiger partial charge in [0.15, 0.2) is 0 Å². The zero-order chi connectivity index (χ0) is 9.10. The smallest absolute Gasteiger partial charge is 0.0590 e. The maximum Gasteiger partial charge on any atom is 0.0590 e. The molecule has 0 radical (unpaired) electrons. The van der Waals surface area contributed by atoms with Crippen LogP contribution in [0.15, 0.2) is 12.4 Å². The van der Waals surface area contributed by atoms with Crippen LogP contribution in [-0.4, -0.2) is 23.1 Å². The minimum absolute atomic E-state index is 0.761. The molecule has 1 aliphatic heterocycles. The van der Waals surface area contributed by atoms with Gasteiger partial charge in [-0.1, -0.05) is 0 Å². The summed E-state index contributed by atoms with van der Waals surface area (Å²) in [5, 5.41) is 3.36. The van der Waals surface area contributed by atoms with Crippen LogP contribution in [0.1, 0.15) is 17.8 Å². The van der Waals surface area contributed by atoms with E-state index in [1.165, 1.54) is 6.42 Å². The number of aromatic nitrogens is 2. The fourth-order valence-electron chi connectivity index (χ4n) is 1.71. The highest BCUT2D eigenvalue weighted by atomic mass is 14.9. The van der Waals surface area contributed by atoms with Gasteiger partial charge in [0.25, 0.3) is 0 Å². The Balaban J connectivity index is 1.97. The van der Waals surface area contributed by atoms with Gasteiger partial charge < -0.3 is 5.32 Å². The first-order valence-electron chi connectivity index (χ1n) is 4.83. The van der Waals surface area contributed by atoms with Crippen molar-refractivity contribution in [3.63, 3.8) is 0 Å². The van der Waals surface area contributed by atoms with Crippen molar-refractivity contribution in [2.75, 3.05) is 13.1 Å². The van der Waals surface area contributed by atoms with Gasteiger partial charge in [-0.3, -0.25) is 9.97 Å². The van der Waals surface area contributed by atoms with Crippen molar-refractivity contribution in [2.24, 2.45) is 5.92 Å². The molecule has 0 saturated carbocycles. The lowest BCUT2D eigenvalue weighted by Crippen LogP contribution is -2.11. The molecule has 0 bridgehead atoms. The molecule has 0 unspecified atom stereocenters. The van der Waals surface area contributed by atoms with Crippen molar-refractivity contribution in [3.05, 3.63) is 23.8 Å². The fourth-order valence-corrected chi connectivity index (χ4v) is 1.71. The van der Waals surface area contributed by atoms with Gasteiger partial charge in [0.1, 0.15) is 0 Å². The van der Waals surface area contributed by atoms with E-state index < -0.39 is 0 Å². The van der Waals surface area contributed by atoms with E-state index in [0.29, 0.717) is 0 Å². The van der Waals surface area contributed by atoms with Crippen LogP contribution in [0.3, 0.4) is 0 Å². The van der Waals surface area contributed by atoms with Crippen molar-refractivity contribution in [2.45, 2.75) is 19.8 Å². The molecule has 0 amide bonds. The van der Waals surface area contributed by atoms with E-state index in [1.807, 2.05) is 19.3 Å². The molecule has 2 rings (SSSR count).